The van der Waals surface area contributed by atoms with Crippen molar-refractivity contribution in [1.82, 2.24) is 0 Å². The second-order valence-corrected chi connectivity index (χ2v) is 8.52. The first-order chi connectivity index (χ1) is 14.3. The largest absolute Gasteiger partial charge is 0.366 e. The molecule has 8 heteroatoms. The zero-order valence-electron chi connectivity index (χ0n) is 16.3. The van der Waals surface area contributed by atoms with Crippen LogP contribution in [0, 0.1) is 6.92 Å². The van der Waals surface area contributed by atoms with Gasteiger partial charge in [-0.15, -0.1) is 0 Å². The molecule has 0 radical (unpaired) electrons. The fraction of sp³-hybridized carbons (Fsp3) is 0.0909. The summed E-state index contributed by atoms with van der Waals surface area (Å²) in [7, 11) is -3.96. The lowest BCUT2D eigenvalue weighted by molar-refractivity contribution is -0.114. The van der Waals surface area contributed by atoms with Gasteiger partial charge in [-0.05, 0) is 61.0 Å². The second-order valence-electron chi connectivity index (χ2n) is 6.65. The maximum absolute atomic E-state index is 13.2. The van der Waals surface area contributed by atoms with Gasteiger partial charge < -0.3 is 11.1 Å². The standard InChI is InChI=1S/C22H21N3O4S/c1-16-6-5-7-19(14-16)25(30(28,29)20-8-3-2-4-9-20)15-21(26)24-18-12-10-17(11-13-18)22(23)27/h2-14H,15H2,1H3,(H2,23,27)(H,24,26). The zero-order valence-corrected chi connectivity index (χ0v) is 17.1. The molecule has 0 heterocycles. The van der Waals surface area contributed by atoms with Crippen LogP contribution in [-0.2, 0) is 14.8 Å². The molecule has 3 rings (SSSR count). The SMILES string of the molecule is Cc1cccc(N(CC(=O)Nc2ccc(C(N)=O)cc2)S(=O)(=O)c2ccccc2)c1. The number of aryl methyl sites for hydroxylation is 1. The summed E-state index contributed by atoms with van der Waals surface area (Å²) >= 11 is 0. The van der Waals surface area contributed by atoms with E-state index >= 15 is 0 Å². The number of carbonyl (C=O) groups is 2. The number of carbonyl (C=O) groups excluding carboxylic acids is 2. The summed E-state index contributed by atoms with van der Waals surface area (Å²) in [6.07, 6.45) is 0. The Morgan fingerprint density at radius 2 is 1.60 bits per heavy atom. The Hall–Kier alpha value is -3.65. The summed E-state index contributed by atoms with van der Waals surface area (Å²) in [6, 6.07) is 20.9. The summed E-state index contributed by atoms with van der Waals surface area (Å²) in [4.78, 5) is 23.9. The van der Waals surface area contributed by atoms with Gasteiger partial charge in [-0.1, -0.05) is 30.3 Å². The Bertz CT molecular complexity index is 1160. The first-order valence-electron chi connectivity index (χ1n) is 9.11. The number of sulfonamides is 1. The van der Waals surface area contributed by atoms with Crippen LogP contribution in [0.4, 0.5) is 11.4 Å². The van der Waals surface area contributed by atoms with Crippen molar-refractivity contribution in [1.29, 1.82) is 0 Å². The maximum Gasteiger partial charge on any atom is 0.264 e. The van der Waals surface area contributed by atoms with E-state index in [1.807, 2.05) is 13.0 Å². The van der Waals surface area contributed by atoms with Crippen molar-refractivity contribution < 1.29 is 18.0 Å². The van der Waals surface area contributed by atoms with Crippen LogP contribution in [0.25, 0.3) is 0 Å². The highest BCUT2D eigenvalue weighted by atomic mass is 32.2. The van der Waals surface area contributed by atoms with Crippen LogP contribution in [0.2, 0.25) is 0 Å². The molecule has 0 fully saturated rings. The predicted octanol–water partition coefficient (Wildman–Crippen LogP) is 2.93. The lowest BCUT2D eigenvalue weighted by atomic mass is 10.2. The first kappa shape index (κ1) is 21.1. The van der Waals surface area contributed by atoms with E-state index in [1.165, 1.54) is 36.4 Å². The smallest absolute Gasteiger partial charge is 0.264 e. The number of amides is 2. The van der Waals surface area contributed by atoms with Gasteiger partial charge >= 0.3 is 0 Å². The lowest BCUT2D eigenvalue weighted by Gasteiger charge is -2.24. The predicted molar refractivity (Wildman–Crippen MR) is 116 cm³/mol. The van der Waals surface area contributed by atoms with Crippen LogP contribution < -0.4 is 15.4 Å². The number of hydrogen-bond acceptors (Lipinski definition) is 4. The van der Waals surface area contributed by atoms with Gasteiger partial charge in [0, 0.05) is 11.3 Å². The number of rotatable bonds is 7. The van der Waals surface area contributed by atoms with Gasteiger partial charge in [-0.3, -0.25) is 13.9 Å². The average Bonchev–Trinajstić information content (AvgIpc) is 2.73. The topological polar surface area (TPSA) is 110 Å². The third-order valence-electron chi connectivity index (χ3n) is 4.36. The Labute approximate surface area is 175 Å². The van der Waals surface area contributed by atoms with E-state index in [0.717, 1.165) is 9.87 Å². The molecule has 7 nitrogen and oxygen atoms in total. The van der Waals surface area contributed by atoms with Gasteiger partial charge in [0.15, 0.2) is 0 Å². The van der Waals surface area contributed by atoms with Crippen molar-refractivity contribution in [3.05, 3.63) is 90.0 Å². The summed E-state index contributed by atoms with van der Waals surface area (Å²) in [5.41, 5.74) is 7.19. The summed E-state index contributed by atoms with van der Waals surface area (Å²) in [6.45, 7) is 1.43. The minimum absolute atomic E-state index is 0.0881. The van der Waals surface area contributed by atoms with E-state index in [9.17, 15) is 18.0 Å². The number of nitrogens with zero attached hydrogens (tertiary/aromatic N) is 1. The van der Waals surface area contributed by atoms with Gasteiger partial charge in [0.2, 0.25) is 11.8 Å². The molecule has 0 aromatic heterocycles. The van der Waals surface area contributed by atoms with Crippen molar-refractivity contribution in [2.75, 3.05) is 16.2 Å². The van der Waals surface area contributed by atoms with E-state index in [2.05, 4.69) is 5.32 Å². The Morgan fingerprint density at radius 1 is 0.933 bits per heavy atom. The second kappa shape index (κ2) is 8.79. The Kier molecular flexibility index (Phi) is 6.17. The van der Waals surface area contributed by atoms with Gasteiger partial charge in [0.1, 0.15) is 6.54 Å². The van der Waals surface area contributed by atoms with Crippen LogP contribution in [-0.4, -0.2) is 26.8 Å². The highest BCUT2D eigenvalue weighted by Crippen LogP contribution is 2.24. The monoisotopic (exact) mass is 423 g/mol. The summed E-state index contributed by atoms with van der Waals surface area (Å²) in [5.74, 6) is -1.10. The van der Waals surface area contributed by atoms with Crippen LogP contribution in [0.3, 0.4) is 0 Å². The molecule has 0 bridgehead atoms. The third-order valence-corrected chi connectivity index (χ3v) is 6.15. The minimum atomic E-state index is -3.96. The molecule has 0 spiro atoms. The van der Waals surface area contributed by atoms with Gasteiger partial charge in [0.25, 0.3) is 10.0 Å². The Balaban J connectivity index is 1.89. The summed E-state index contributed by atoms with van der Waals surface area (Å²) in [5, 5.41) is 2.65. The number of anilines is 2. The molecule has 0 aliphatic rings. The van der Waals surface area contributed by atoms with Gasteiger partial charge in [-0.2, -0.15) is 0 Å². The highest BCUT2D eigenvalue weighted by Gasteiger charge is 2.27. The Morgan fingerprint density at radius 3 is 2.20 bits per heavy atom. The number of nitrogens with two attached hydrogens (primary N) is 1. The van der Waals surface area contributed by atoms with Gasteiger partial charge in [0.05, 0.1) is 10.6 Å². The molecule has 3 aromatic rings. The molecule has 0 saturated carbocycles. The number of primary amides is 1. The van der Waals surface area contributed by atoms with E-state index in [-0.39, 0.29) is 4.90 Å². The first-order valence-corrected chi connectivity index (χ1v) is 10.6. The van der Waals surface area contributed by atoms with Gasteiger partial charge in [-0.25, -0.2) is 8.42 Å². The molecular formula is C22H21N3O4S. The quantitative estimate of drug-likeness (QED) is 0.609. The molecule has 3 N–H and O–H groups in total. The molecular weight excluding hydrogens is 402 g/mol. The maximum atomic E-state index is 13.2. The molecule has 0 saturated heterocycles. The third kappa shape index (κ3) is 4.84. The van der Waals surface area contributed by atoms with Crippen LogP contribution >= 0.6 is 0 Å². The van der Waals surface area contributed by atoms with Crippen LogP contribution in [0.1, 0.15) is 15.9 Å². The molecule has 0 unspecified atom stereocenters. The van der Waals surface area contributed by atoms with Crippen molar-refractivity contribution in [3.63, 3.8) is 0 Å². The zero-order chi connectivity index (χ0) is 21.7. The minimum Gasteiger partial charge on any atom is -0.366 e. The van der Waals surface area contributed by atoms with Crippen molar-refractivity contribution in [3.8, 4) is 0 Å². The lowest BCUT2D eigenvalue weighted by Crippen LogP contribution is -2.38. The van der Waals surface area contributed by atoms with Crippen LogP contribution in [0.15, 0.2) is 83.8 Å². The molecule has 0 aliphatic heterocycles. The van der Waals surface area contributed by atoms with E-state index in [1.54, 1.807) is 36.4 Å². The van der Waals surface area contributed by atoms with Crippen LogP contribution in [0.5, 0.6) is 0 Å². The van der Waals surface area contributed by atoms with Crippen molar-refractivity contribution in [2.24, 2.45) is 5.73 Å². The normalized spacial score (nSPS) is 11.0. The highest BCUT2D eigenvalue weighted by molar-refractivity contribution is 7.92. The molecule has 0 aliphatic carbocycles. The number of hydrogen-bond donors (Lipinski definition) is 2. The van der Waals surface area contributed by atoms with Crippen molar-refractivity contribution in [2.45, 2.75) is 11.8 Å². The van der Waals surface area contributed by atoms with Crippen molar-refractivity contribution >= 4 is 33.2 Å². The molecule has 154 valence electrons. The average molecular weight is 423 g/mol. The fourth-order valence-corrected chi connectivity index (χ4v) is 4.30. The fourth-order valence-electron chi connectivity index (χ4n) is 2.87. The van der Waals surface area contributed by atoms with E-state index in [4.69, 9.17) is 5.73 Å². The molecule has 2 amide bonds. The molecule has 30 heavy (non-hydrogen) atoms. The number of benzene rings is 3. The molecule has 0 atom stereocenters. The van der Waals surface area contributed by atoms with E-state index in [0.29, 0.717) is 16.9 Å². The van der Waals surface area contributed by atoms with E-state index < -0.39 is 28.4 Å². The number of nitrogens with one attached hydrogen (secondary N) is 1. The molecule has 3 aromatic carbocycles. The summed E-state index contributed by atoms with van der Waals surface area (Å²) < 4.78 is 27.6.